The minimum atomic E-state index is -2.76. The standard InChI is InChI=1S/C40H23N4OSi/c1-3-17-32-24(10-1)25-11-2-4-18-33(25)46(32)34-19-8-12-26-27-14-9-23-42-40(27)43(36(26)34)37-35(46)21-20-31-39(37)44(42)38-28(13-7-16-30(38)45-31)29-15-5-6-22-41(29)44/h1-23H/q+3. The molecule has 5 aliphatic rings. The Hall–Kier alpha value is -5.82. The number of quaternary nitrogens is 1. The summed E-state index contributed by atoms with van der Waals surface area (Å²) in [7, 11) is -2.76. The average Bonchev–Trinajstić information content (AvgIpc) is 3.72. The Bertz CT molecular complexity index is 2750. The molecule has 0 fully saturated rings. The van der Waals surface area contributed by atoms with Gasteiger partial charge in [-0.3, -0.25) is 0 Å². The lowest BCUT2D eigenvalue weighted by atomic mass is 10.1. The maximum absolute atomic E-state index is 6.97. The molecule has 0 aliphatic carbocycles. The topological polar surface area (TPSA) is 21.9 Å². The predicted molar refractivity (Wildman–Crippen MR) is 182 cm³/mol. The summed E-state index contributed by atoms with van der Waals surface area (Å²) in [6.07, 6.45) is 4.52. The first kappa shape index (κ1) is 22.7. The molecule has 3 aromatic heterocycles. The van der Waals surface area contributed by atoms with Crippen LogP contribution in [0.1, 0.15) is 0 Å². The normalized spacial score (nSPS) is 18.4. The van der Waals surface area contributed by atoms with Crippen molar-refractivity contribution in [2.45, 2.75) is 0 Å². The van der Waals surface area contributed by atoms with E-state index in [0.29, 0.717) is 4.70 Å². The van der Waals surface area contributed by atoms with E-state index in [1.54, 1.807) is 0 Å². The number of hydrogen-bond acceptors (Lipinski definition) is 1. The van der Waals surface area contributed by atoms with E-state index in [1.165, 1.54) is 76.4 Å². The van der Waals surface area contributed by atoms with Crippen molar-refractivity contribution in [2.75, 3.05) is 0 Å². The first-order valence-corrected chi connectivity index (χ1v) is 17.9. The van der Waals surface area contributed by atoms with Gasteiger partial charge in [0.2, 0.25) is 17.6 Å². The molecule has 0 saturated heterocycles. The van der Waals surface area contributed by atoms with E-state index < -0.39 is 8.07 Å². The van der Waals surface area contributed by atoms with Crippen LogP contribution < -0.4 is 39.5 Å². The summed E-state index contributed by atoms with van der Waals surface area (Å²) in [4.78, 5) is 0. The van der Waals surface area contributed by atoms with Gasteiger partial charge in [0.1, 0.15) is 15.8 Å². The summed E-state index contributed by atoms with van der Waals surface area (Å²) in [6, 6.07) is 47.8. The van der Waals surface area contributed by atoms with Crippen LogP contribution in [0.4, 0.5) is 11.4 Å². The van der Waals surface area contributed by atoms with Crippen LogP contribution in [0.25, 0.3) is 50.0 Å². The van der Waals surface area contributed by atoms with Crippen LogP contribution in [-0.2, 0) is 0 Å². The average molecular weight is 604 g/mol. The summed E-state index contributed by atoms with van der Waals surface area (Å²) in [5, 5.41) is 8.45. The molecule has 0 radical (unpaired) electrons. The number of nitrogens with zero attached hydrogens (tertiary/aromatic N) is 4. The van der Waals surface area contributed by atoms with Crippen molar-refractivity contribution in [2.24, 2.45) is 0 Å². The van der Waals surface area contributed by atoms with Crippen LogP contribution in [-0.4, -0.2) is 12.6 Å². The van der Waals surface area contributed by atoms with Crippen molar-refractivity contribution in [3.05, 3.63) is 140 Å². The van der Waals surface area contributed by atoms with Crippen LogP contribution in [0.3, 0.4) is 0 Å². The van der Waals surface area contributed by atoms with E-state index in [9.17, 15) is 0 Å². The van der Waals surface area contributed by atoms with Crippen LogP contribution in [0, 0.1) is 0 Å². The molecule has 0 bridgehead atoms. The van der Waals surface area contributed by atoms with Crippen LogP contribution >= 0.6 is 0 Å². The first-order chi connectivity index (χ1) is 22.8. The van der Waals surface area contributed by atoms with Crippen molar-refractivity contribution >= 4 is 62.1 Å². The Kier molecular flexibility index (Phi) is 3.46. The Morgan fingerprint density at radius 1 is 0.522 bits per heavy atom. The summed E-state index contributed by atoms with van der Waals surface area (Å²) in [6.45, 7) is 0. The van der Waals surface area contributed by atoms with Crippen LogP contribution in [0.5, 0.6) is 11.5 Å². The zero-order valence-corrected chi connectivity index (χ0v) is 25.5. The van der Waals surface area contributed by atoms with E-state index in [-0.39, 0.29) is 0 Å². The molecule has 210 valence electrons. The number of ether oxygens (including phenoxy) is 1. The summed E-state index contributed by atoms with van der Waals surface area (Å²) >= 11 is 0. The zero-order chi connectivity index (χ0) is 29.5. The molecule has 8 aromatic rings. The Morgan fingerprint density at radius 2 is 1.22 bits per heavy atom. The molecule has 6 heteroatoms. The molecule has 5 aliphatic heterocycles. The smallest absolute Gasteiger partial charge is 0.352 e. The van der Waals surface area contributed by atoms with Crippen molar-refractivity contribution in [1.29, 1.82) is 0 Å². The second-order valence-corrected chi connectivity index (χ2v) is 16.7. The van der Waals surface area contributed by atoms with Crippen LogP contribution in [0.2, 0.25) is 0 Å². The van der Waals surface area contributed by atoms with Crippen molar-refractivity contribution < 1.29 is 14.1 Å². The first-order valence-electron chi connectivity index (χ1n) is 15.9. The lowest BCUT2D eigenvalue weighted by Gasteiger charge is -2.38. The SMILES string of the molecule is c1ccc2c(c1)-c1ccccc1[Si]21c2ccc3c4c2-n2c5c1cccc5c1ccc[n+](c12)[N+]41c2c(cccc2-c2cccc[n+]21)O3. The molecule has 46 heavy (non-hydrogen) atoms. The third-order valence-electron chi connectivity index (χ3n) is 11.4. The lowest BCUT2D eigenvalue weighted by molar-refractivity contribution is -1.02. The van der Waals surface area contributed by atoms with E-state index in [4.69, 9.17) is 4.74 Å². The van der Waals surface area contributed by atoms with Crippen molar-refractivity contribution in [3.63, 3.8) is 0 Å². The summed E-state index contributed by atoms with van der Waals surface area (Å²) in [5.74, 6) is 1.82. The van der Waals surface area contributed by atoms with Gasteiger partial charge in [-0.1, -0.05) is 72.8 Å². The molecule has 13 rings (SSSR count). The Morgan fingerprint density at radius 3 is 2.09 bits per heavy atom. The van der Waals surface area contributed by atoms with Gasteiger partial charge in [0.25, 0.3) is 11.4 Å². The van der Waals surface area contributed by atoms with Gasteiger partial charge in [-0.15, -0.1) is 0 Å². The largest absolute Gasteiger partial charge is 0.444 e. The van der Waals surface area contributed by atoms with Crippen molar-refractivity contribution in [1.82, 2.24) is 9.27 Å². The van der Waals surface area contributed by atoms with Gasteiger partial charge in [-0.25, -0.2) is 0 Å². The molecule has 1 atom stereocenters. The minimum Gasteiger partial charge on any atom is -0.444 e. The highest BCUT2D eigenvalue weighted by Crippen LogP contribution is 2.59. The lowest BCUT2D eigenvalue weighted by Crippen LogP contribution is -2.85. The number of pyridine rings is 2. The number of para-hydroxylation sites is 2. The maximum Gasteiger partial charge on any atom is 0.352 e. The van der Waals surface area contributed by atoms with Crippen LogP contribution in [0.15, 0.2) is 140 Å². The highest BCUT2D eigenvalue weighted by atomic mass is 28.3. The fourth-order valence-electron chi connectivity index (χ4n) is 10.0. The molecular formula is C40H23N4OSi+3. The molecule has 0 saturated carbocycles. The number of aromatic nitrogens is 3. The molecule has 5 nitrogen and oxygen atoms in total. The molecule has 5 aromatic carbocycles. The van der Waals surface area contributed by atoms with E-state index in [1.807, 2.05) is 0 Å². The monoisotopic (exact) mass is 603 g/mol. The van der Waals surface area contributed by atoms with Gasteiger partial charge in [0.05, 0.1) is 5.39 Å². The summed E-state index contributed by atoms with van der Waals surface area (Å²) in [5.41, 5.74) is 11.3. The van der Waals surface area contributed by atoms with Crippen molar-refractivity contribution in [3.8, 4) is 39.6 Å². The molecule has 0 amide bonds. The Balaban J connectivity index is 1.37. The summed E-state index contributed by atoms with van der Waals surface area (Å²) < 4.78 is 14.9. The number of fused-ring (bicyclic) bond motifs is 10. The number of rotatable bonds is 0. The van der Waals surface area contributed by atoms with Gasteiger partial charge >= 0.3 is 11.3 Å². The number of hydrogen-bond donors (Lipinski definition) is 0. The molecule has 2 spiro atoms. The van der Waals surface area contributed by atoms with E-state index in [0.717, 1.165) is 17.2 Å². The highest BCUT2D eigenvalue weighted by molar-refractivity contribution is 7.23. The van der Waals surface area contributed by atoms with Gasteiger partial charge in [0, 0.05) is 37.2 Å². The Labute approximate surface area is 264 Å². The van der Waals surface area contributed by atoms with Gasteiger partial charge < -0.3 is 4.74 Å². The highest BCUT2D eigenvalue weighted by Gasteiger charge is 2.71. The molecule has 0 N–H and O–H groups in total. The maximum atomic E-state index is 6.97. The third kappa shape index (κ3) is 2.01. The molecule has 8 heterocycles. The van der Waals surface area contributed by atoms with Gasteiger partial charge in [-0.2, -0.15) is 4.57 Å². The second kappa shape index (κ2) is 7.02. The molecular weight excluding hydrogens is 581 g/mol. The zero-order valence-electron chi connectivity index (χ0n) is 24.5. The fraction of sp³-hybridized carbons (Fsp3) is 0. The minimum absolute atomic E-state index is 0.400. The van der Waals surface area contributed by atoms with Gasteiger partial charge in [0.15, 0.2) is 20.0 Å². The quantitative estimate of drug-likeness (QED) is 0.136. The van der Waals surface area contributed by atoms with E-state index in [2.05, 4.69) is 154 Å². The molecule has 1 unspecified atom stereocenters. The number of benzene rings is 5. The third-order valence-corrected chi connectivity index (χ3v) is 16.3. The van der Waals surface area contributed by atoms with Gasteiger partial charge in [-0.05, 0) is 64.0 Å². The fourth-order valence-corrected chi connectivity index (χ4v) is 15.6. The second-order valence-electron chi connectivity index (χ2n) is 13.1. The van der Waals surface area contributed by atoms with E-state index >= 15 is 0 Å². The predicted octanol–water partition coefficient (Wildman–Crippen LogP) is 5.00.